The number of nitriles is 1. The average molecular weight is 260 g/mol. The molecule has 1 aliphatic rings. The molecule has 0 aromatic heterocycles. The van der Waals surface area contributed by atoms with Gasteiger partial charge < -0.3 is 5.32 Å². The molecule has 0 heterocycles. The minimum Gasteiger partial charge on any atom is -0.367 e. The summed E-state index contributed by atoms with van der Waals surface area (Å²) in [6.45, 7) is 2.22. The molecule has 3 heteroatoms. The molecule has 0 radical (unpaired) electrons. The van der Waals surface area contributed by atoms with Crippen molar-refractivity contribution in [1.82, 2.24) is 0 Å². The maximum atomic E-state index is 12.9. The number of benzene rings is 1. The normalized spacial score (nSPS) is 27.3. The Kier molecular flexibility index (Phi) is 4.42. The van der Waals surface area contributed by atoms with Gasteiger partial charge in [-0.2, -0.15) is 5.26 Å². The predicted molar refractivity (Wildman–Crippen MR) is 75.2 cm³/mol. The van der Waals surface area contributed by atoms with Crippen LogP contribution in [-0.4, -0.2) is 5.54 Å². The highest BCUT2D eigenvalue weighted by atomic mass is 19.1. The number of anilines is 1. The molecule has 0 spiro atoms. The van der Waals surface area contributed by atoms with Gasteiger partial charge in [-0.05, 0) is 55.9 Å². The summed E-state index contributed by atoms with van der Waals surface area (Å²) in [7, 11) is 0. The molecule has 102 valence electrons. The van der Waals surface area contributed by atoms with Crippen LogP contribution in [0.3, 0.4) is 0 Å². The van der Waals surface area contributed by atoms with E-state index in [1.165, 1.54) is 25.0 Å². The second-order valence-electron chi connectivity index (χ2n) is 5.53. The van der Waals surface area contributed by atoms with E-state index in [9.17, 15) is 9.65 Å². The smallest absolute Gasteiger partial charge is 0.125 e. The summed E-state index contributed by atoms with van der Waals surface area (Å²) in [6, 6.07) is 8.73. The third kappa shape index (κ3) is 3.47. The molecule has 0 bridgehead atoms. The Morgan fingerprint density at radius 1 is 1.32 bits per heavy atom. The summed E-state index contributed by atoms with van der Waals surface area (Å²) in [4.78, 5) is 0. The van der Waals surface area contributed by atoms with Crippen LogP contribution in [0, 0.1) is 23.1 Å². The van der Waals surface area contributed by atoms with Crippen molar-refractivity contribution in [3.63, 3.8) is 0 Å². The first kappa shape index (κ1) is 13.9. The van der Waals surface area contributed by atoms with Crippen LogP contribution in [-0.2, 0) is 0 Å². The zero-order valence-corrected chi connectivity index (χ0v) is 11.5. The van der Waals surface area contributed by atoms with Crippen LogP contribution >= 0.6 is 0 Å². The van der Waals surface area contributed by atoms with E-state index >= 15 is 0 Å². The van der Waals surface area contributed by atoms with E-state index in [0.29, 0.717) is 0 Å². The molecule has 2 unspecified atom stereocenters. The highest BCUT2D eigenvalue weighted by Gasteiger charge is 2.32. The summed E-state index contributed by atoms with van der Waals surface area (Å²) in [5.74, 6) is 0.494. The van der Waals surface area contributed by atoms with Gasteiger partial charge in [0.2, 0.25) is 0 Å². The van der Waals surface area contributed by atoms with Gasteiger partial charge in [0.05, 0.1) is 6.07 Å². The summed E-state index contributed by atoms with van der Waals surface area (Å²) in [5, 5.41) is 12.9. The van der Waals surface area contributed by atoms with Crippen molar-refractivity contribution in [3.8, 4) is 6.07 Å². The topological polar surface area (TPSA) is 35.8 Å². The highest BCUT2D eigenvalue weighted by Crippen LogP contribution is 2.34. The molecule has 0 aliphatic heterocycles. The van der Waals surface area contributed by atoms with Crippen molar-refractivity contribution >= 4 is 5.69 Å². The summed E-state index contributed by atoms with van der Waals surface area (Å²) >= 11 is 0. The van der Waals surface area contributed by atoms with Crippen molar-refractivity contribution in [2.75, 3.05) is 5.32 Å². The Balaban J connectivity index is 2.10. The first-order valence-electron chi connectivity index (χ1n) is 7.12. The van der Waals surface area contributed by atoms with Gasteiger partial charge in [-0.25, -0.2) is 4.39 Å². The third-order valence-electron chi connectivity index (χ3n) is 4.21. The third-order valence-corrected chi connectivity index (χ3v) is 4.21. The van der Waals surface area contributed by atoms with Crippen molar-refractivity contribution in [1.29, 1.82) is 5.26 Å². The molecular weight excluding hydrogens is 239 g/mol. The van der Waals surface area contributed by atoms with Crippen LogP contribution in [0.25, 0.3) is 0 Å². The van der Waals surface area contributed by atoms with E-state index in [1.807, 2.05) is 0 Å². The Morgan fingerprint density at radius 3 is 2.68 bits per heavy atom. The molecule has 1 fully saturated rings. The largest absolute Gasteiger partial charge is 0.367 e. The number of rotatable bonds is 3. The monoisotopic (exact) mass is 260 g/mol. The number of halogens is 1. The number of nitrogens with zero attached hydrogens (tertiary/aromatic N) is 1. The van der Waals surface area contributed by atoms with Gasteiger partial charge in [0.25, 0.3) is 0 Å². The van der Waals surface area contributed by atoms with E-state index in [2.05, 4.69) is 18.3 Å². The summed E-state index contributed by atoms with van der Waals surface area (Å²) in [5.41, 5.74) is 0.347. The Morgan fingerprint density at radius 2 is 2.05 bits per heavy atom. The lowest BCUT2D eigenvalue weighted by molar-refractivity contribution is 0.436. The zero-order chi connectivity index (χ0) is 13.7. The number of nitrogens with one attached hydrogen (secondary N) is 1. The molecule has 19 heavy (non-hydrogen) atoms. The van der Waals surface area contributed by atoms with E-state index < -0.39 is 5.54 Å². The van der Waals surface area contributed by atoms with Crippen LogP contribution < -0.4 is 5.32 Å². The molecule has 1 saturated carbocycles. The quantitative estimate of drug-likeness (QED) is 0.813. The van der Waals surface area contributed by atoms with Crippen LogP contribution in [0.2, 0.25) is 0 Å². The zero-order valence-electron chi connectivity index (χ0n) is 11.5. The molecule has 2 nitrogen and oxygen atoms in total. The van der Waals surface area contributed by atoms with Crippen molar-refractivity contribution < 1.29 is 4.39 Å². The molecule has 0 saturated heterocycles. The van der Waals surface area contributed by atoms with Gasteiger partial charge >= 0.3 is 0 Å². The van der Waals surface area contributed by atoms with Crippen molar-refractivity contribution in [2.24, 2.45) is 5.92 Å². The SMILES string of the molecule is CCC1CCCC(C#N)(Nc2ccc(F)cc2)CC1. The maximum absolute atomic E-state index is 12.9. The lowest BCUT2D eigenvalue weighted by Crippen LogP contribution is -2.36. The van der Waals surface area contributed by atoms with E-state index in [-0.39, 0.29) is 5.82 Å². The second-order valence-corrected chi connectivity index (χ2v) is 5.53. The summed E-state index contributed by atoms with van der Waals surface area (Å²) in [6.07, 6.45) is 6.33. The van der Waals surface area contributed by atoms with Gasteiger partial charge in [0, 0.05) is 5.69 Å². The van der Waals surface area contributed by atoms with Gasteiger partial charge in [-0.3, -0.25) is 0 Å². The highest BCUT2D eigenvalue weighted by molar-refractivity contribution is 5.47. The van der Waals surface area contributed by atoms with Gasteiger partial charge in [0.15, 0.2) is 0 Å². The van der Waals surface area contributed by atoms with E-state index in [4.69, 9.17) is 0 Å². The van der Waals surface area contributed by atoms with Crippen molar-refractivity contribution in [3.05, 3.63) is 30.1 Å². The lowest BCUT2D eigenvalue weighted by Gasteiger charge is -2.27. The molecule has 1 aliphatic carbocycles. The van der Waals surface area contributed by atoms with Crippen LogP contribution in [0.15, 0.2) is 24.3 Å². The van der Waals surface area contributed by atoms with Crippen LogP contribution in [0.1, 0.15) is 45.4 Å². The molecule has 2 rings (SSSR count). The van der Waals surface area contributed by atoms with Gasteiger partial charge in [0.1, 0.15) is 11.4 Å². The molecule has 2 atom stereocenters. The Hall–Kier alpha value is -1.56. The fraction of sp³-hybridized carbons (Fsp3) is 0.562. The van der Waals surface area contributed by atoms with Gasteiger partial charge in [-0.15, -0.1) is 0 Å². The van der Waals surface area contributed by atoms with Crippen molar-refractivity contribution in [2.45, 2.75) is 51.0 Å². The maximum Gasteiger partial charge on any atom is 0.125 e. The van der Waals surface area contributed by atoms with Crippen LogP contribution in [0.5, 0.6) is 0 Å². The molecule has 1 aromatic rings. The predicted octanol–water partition coefficient (Wildman–Crippen LogP) is 4.49. The Bertz CT molecular complexity index is 449. The number of hydrogen-bond donors (Lipinski definition) is 1. The fourth-order valence-electron chi connectivity index (χ4n) is 2.89. The minimum atomic E-state index is -0.484. The van der Waals surface area contributed by atoms with Gasteiger partial charge in [-0.1, -0.05) is 19.8 Å². The van der Waals surface area contributed by atoms with E-state index in [0.717, 1.165) is 37.3 Å². The van der Waals surface area contributed by atoms with Crippen LogP contribution in [0.4, 0.5) is 10.1 Å². The molecule has 1 N–H and O–H groups in total. The summed E-state index contributed by atoms with van der Waals surface area (Å²) < 4.78 is 12.9. The standard InChI is InChI=1S/C16H21FN2/c1-2-13-4-3-10-16(12-18,11-9-13)19-15-7-5-14(17)6-8-15/h5-8,13,19H,2-4,9-11H2,1H3. The average Bonchev–Trinajstić information content (AvgIpc) is 2.64. The first-order chi connectivity index (χ1) is 9.17. The number of hydrogen-bond acceptors (Lipinski definition) is 2. The van der Waals surface area contributed by atoms with E-state index in [1.54, 1.807) is 12.1 Å². The fourth-order valence-corrected chi connectivity index (χ4v) is 2.89. The molecule has 1 aromatic carbocycles. The Labute approximate surface area is 114 Å². The second kappa shape index (κ2) is 6.06. The minimum absolute atomic E-state index is 0.247. The lowest BCUT2D eigenvalue weighted by atomic mass is 9.90. The molecule has 0 amide bonds. The first-order valence-corrected chi connectivity index (χ1v) is 7.12. The molecular formula is C16H21FN2.